The molecule has 1 N–H and O–H groups in total. The Hall–Kier alpha value is -2.40. The average Bonchev–Trinajstić information content (AvgIpc) is 3.28. The van der Waals surface area contributed by atoms with Crippen LogP contribution in [0.3, 0.4) is 0 Å². The zero-order valence-electron chi connectivity index (χ0n) is 14.5. The molecule has 0 atom stereocenters. The lowest BCUT2D eigenvalue weighted by molar-refractivity contribution is -0.116. The number of amides is 1. The third kappa shape index (κ3) is 3.58. The van der Waals surface area contributed by atoms with E-state index in [9.17, 15) is 4.79 Å². The number of anilines is 1. The van der Waals surface area contributed by atoms with Crippen molar-refractivity contribution in [2.24, 2.45) is 5.92 Å². The molecule has 134 valence electrons. The van der Waals surface area contributed by atoms with Gasteiger partial charge < -0.3 is 5.32 Å². The number of rotatable bonds is 5. The maximum atomic E-state index is 12.5. The molecule has 0 radical (unpaired) electrons. The maximum absolute atomic E-state index is 12.5. The lowest BCUT2D eigenvalue weighted by atomic mass is 10.0. The molecule has 4 rings (SSSR count). The highest BCUT2D eigenvalue weighted by Crippen LogP contribution is 2.32. The van der Waals surface area contributed by atoms with Crippen molar-refractivity contribution in [3.05, 3.63) is 47.7 Å². The fraction of sp³-hybridized carbons (Fsp3) is 0.350. The van der Waals surface area contributed by atoms with Gasteiger partial charge in [-0.2, -0.15) is 0 Å². The van der Waals surface area contributed by atoms with Crippen LogP contribution >= 0.6 is 11.6 Å². The van der Waals surface area contributed by atoms with Gasteiger partial charge in [0.05, 0.1) is 5.56 Å². The molecule has 0 bridgehead atoms. The summed E-state index contributed by atoms with van der Waals surface area (Å²) in [4.78, 5) is 16.9. The molecule has 1 fully saturated rings. The summed E-state index contributed by atoms with van der Waals surface area (Å²) in [5.41, 5.74) is 2.45. The van der Waals surface area contributed by atoms with Crippen molar-refractivity contribution >= 4 is 29.0 Å². The van der Waals surface area contributed by atoms with Crippen LogP contribution in [0.2, 0.25) is 5.02 Å². The molecule has 0 unspecified atom stereocenters. The Labute approximate surface area is 157 Å². The number of hydrogen-bond donors (Lipinski definition) is 1. The van der Waals surface area contributed by atoms with Crippen LogP contribution < -0.4 is 5.32 Å². The Morgan fingerprint density at radius 2 is 2.00 bits per heavy atom. The predicted octanol–water partition coefficient (Wildman–Crippen LogP) is 4.96. The topological polar surface area (TPSA) is 59.3 Å². The van der Waals surface area contributed by atoms with Crippen LogP contribution in [0.4, 0.5) is 5.82 Å². The van der Waals surface area contributed by atoms with Gasteiger partial charge in [-0.05, 0) is 36.1 Å². The fourth-order valence-electron chi connectivity index (χ4n) is 3.69. The first kappa shape index (κ1) is 17.0. The molecule has 3 aromatic rings. The third-order valence-electron chi connectivity index (χ3n) is 5.04. The summed E-state index contributed by atoms with van der Waals surface area (Å²) >= 11 is 6.01. The van der Waals surface area contributed by atoms with Crippen LogP contribution in [0.5, 0.6) is 0 Å². The van der Waals surface area contributed by atoms with Crippen molar-refractivity contribution in [3.63, 3.8) is 0 Å². The highest BCUT2D eigenvalue weighted by atomic mass is 35.5. The molecule has 1 saturated carbocycles. The van der Waals surface area contributed by atoms with Gasteiger partial charge in [0.15, 0.2) is 11.5 Å². The fourth-order valence-corrected chi connectivity index (χ4v) is 3.81. The van der Waals surface area contributed by atoms with E-state index in [0.717, 1.165) is 17.5 Å². The molecule has 0 saturated heterocycles. The van der Waals surface area contributed by atoms with Gasteiger partial charge in [-0.1, -0.05) is 49.4 Å². The zero-order valence-corrected chi connectivity index (χ0v) is 15.2. The second-order valence-electron chi connectivity index (χ2n) is 6.86. The first-order chi connectivity index (χ1) is 12.7. The van der Waals surface area contributed by atoms with Gasteiger partial charge in [-0.3, -0.25) is 4.79 Å². The maximum Gasteiger partial charge on any atom is 0.225 e. The number of nitrogens with zero attached hydrogens (tertiary/aromatic N) is 3. The standard InChI is InChI=1S/C20H21ClN4O/c21-16-9-7-15(8-10-16)18-19(24-25-13-3-12-22-20(18)25)23-17(26)11-6-14-4-1-2-5-14/h3,7-10,12-14H,1-2,4-6,11H2,(H,23,24,26). The number of aromatic nitrogens is 3. The Bertz CT molecular complexity index is 913. The van der Waals surface area contributed by atoms with E-state index in [1.807, 2.05) is 36.5 Å². The minimum absolute atomic E-state index is 0.00974. The minimum Gasteiger partial charge on any atom is -0.309 e. The van der Waals surface area contributed by atoms with E-state index in [4.69, 9.17) is 11.6 Å². The summed E-state index contributed by atoms with van der Waals surface area (Å²) in [5, 5.41) is 8.18. The molecule has 26 heavy (non-hydrogen) atoms. The molecule has 1 amide bonds. The molecular weight excluding hydrogens is 348 g/mol. The van der Waals surface area contributed by atoms with E-state index in [1.165, 1.54) is 25.7 Å². The first-order valence-corrected chi connectivity index (χ1v) is 9.47. The monoisotopic (exact) mass is 368 g/mol. The van der Waals surface area contributed by atoms with Gasteiger partial charge in [-0.25, -0.2) is 9.50 Å². The SMILES string of the molecule is O=C(CCC1CCCC1)Nc1nn2cccnc2c1-c1ccc(Cl)cc1. The van der Waals surface area contributed by atoms with Crippen molar-refractivity contribution in [2.45, 2.75) is 38.5 Å². The average molecular weight is 369 g/mol. The van der Waals surface area contributed by atoms with Crippen molar-refractivity contribution in [1.29, 1.82) is 0 Å². The van der Waals surface area contributed by atoms with Crippen molar-refractivity contribution < 1.29 is 4.79 Å². The molecule has 5 nitrogen and oxygen atoms in total. The Morgan fingerprint density at radius 1 is 1.23 bits per heavy atom. The van der Waals surface area contributed by atoms with Crippen LogP contribution in [0, 0.1) is 5.92 Å². The summed E-state index contributed by atoms with van der Waals surface area (Å²) in [7, 11) is 0. The van der Waals surface area contributed by atoms with Crippen LogP contribution in [-0.2, 0) is 4.79 Å². The van der Waals surface area contributed by atoms with E-state index in [2.05, 4.69) is 15.4 Å². The number of hydrogen-bond acceptors (Lipinski definition) is 3. The Kier molecular flexibility index (Phi) is 4.89. The molecule has 1 aliphatic carbocycles. The van der Waals surface area contributed by atoms with Crippen LogP contribution in [-0.4, -0.2) is 20.5 Å². The van der Waals surface area contributed by atoms with Gasteiger partial charge in [0.25, 0.3) is 0 Å². The molecule has 2 aromatic heterocycles. The minimum atomic E-state index is 0.00974. The highest BCUT2D eigenvalue weighted by Gasteiger charge is 2.20. The highest BCUT2D eigenvalue weighted by molar-refractivity contribution is 6.30. The lowest BCUT2D eigenvalue weighted by Gasteiger charge is -2.09. The molecule has 0 spiro atoms. The second kappa shape index (κ2) is 7.46. The normalized spacial score (nSPS) is 14.8. The quantitative estimate of drug-likeness (QED) is 0.692. The summed E-state index contributed by atoms with van der Waals surface area (Å²) in [5.74, 6) is 1.25. The van der Waals surface area contributed by atoms with E-state index in [0.29, 0.717) is 28.8 Å². The molecule has 1 aromatic carbocycles. The van der Waals surface area contributed by atoms with Crippen LogP contribution in [0.1, 0.15) is 38.5 Å². The van der Waals surface area contributed by atoms with E-state index in [1.54, 1.807) is 10.7 Å². The van der Waals surface area contributed by atoms with E-state index in [-0.39, 0.29) is 5.91 Å². The van der Waals surface area contributed by atoms with Gasteiger partial charge in [0, 0.05) is 23.8 Å². The largest absolute Gasteiger partial charge is 0.309 e. The van der Waals surface area contributed by atoms with Gasteiger partial charge in [-0.15, -0.1) is 5.10 Å². The molecule has 2 heterocycles. The lowest BCUT2D eigenvalue weighted by Crippen LogP contribution is -2.13. The zero-order chi connectivity index (χ0) is 17.9. The third-order valence-corrected chi connectivity index (χ3v) is 5.29. The summed E-state index contributed by atoms with van der Waals surface area (Å²) in [6.45, 7) is 0. The summed E-state index contributed by atoms with van der Waals surface area (Å²) in [6, 6.07) is 9.31. The molecule has 6 heteroatoms. The van der Waals surface area contributed by atoms with Crippen molar-refractivity contribution in [1.82, 2.24) is 14.6 Å². The van der Waals surface area contributed by atoms with Gasteiger partial charge in [0.1, 0.15) is 0 Å². The number of halogens is 1. The van der Waals surface area contributed by atoms with E-state index >= 15 is 0 Å². The first-order valence-electron chi connectivity index (χ1n) is 9.10. The van der Waals surface area contributed by atoms with Crippen molar-refractivity contribution in [2.75, 3.05) is 5.32 Å². The van der Waals surface area contributed by atoms with E-state index < -0.39 is 0 Å². The smallest absolute Gasteiger partial charge is 0.225 e. The van der Waals surface area contributed by atoms with Crippen molar-refractivity contribution in [3.8, 4) is 11.1 Å². The number of carbonyl (C=O) groups excluding carboxylic acids is 1. The predicted molar refractivity (Wildman–Crippen MR) is 103 cm³/mol. The molecule has 0 aliphatic heterocycles. The Morgan fingerprint density at radius 3 is 2.77 bits per heavy atom. The van der Waals surface area contributed by atoms with Crippen LogP contribution in [0.25, 0.3) is 16.8 Å². The summed E-state index contributed by atoms with van der Waals surface area (Å²) in [6.07, 6.45) is 10.1. The van der Waals surface area contributed by atoms with Gasteiger partial charge in [0.2, 0.25) is 5.91 Å². The van der Waals surface area contributed by atoms with Crippen LogP contribution in [0.15, 0.2) is 42.7 Å². The number of nitrogens with one attached hydrogen (secondary N) is 1. The summed E-state index contributed by atoms with van der Waals surface area (Å²) < 4.78 is 1.69. The number of benzene rings is 1. The Balaban J connectivity index is 1.60. The van der Waals surface area contributed by atoms with Gasteiger partial charge >= 0.3 is 0 Å². The number of fused-ring (bicyclic) bond motifs is 1. The number of carbonyl (C=O) groups is 1. The second-order valence-corrected chi connectivity index (χ2v) is 7.29. The molecular formula is C20H21ClN4O. The molecule has 1 aliphatic rings.